The van der Waals surface area contributed by atoms with Crippen LogP contribution in [0.25, 0.3) is 0 Å². The summed E-state index contributed by atoms with van der Waals surface area (Å²) in [6, 6.07) is 12.9. The lowest BCUT2D eigenvalue weighted by Crippen LogP contribution is -2.46. The van der Waals surface area contributed by atoms with Crippen molar-refractivity contribution in [2.75, 3.05) is 30.4 Å². The van der Waals surface area contributed by atoms with E-state index >= 15 is 0 Å². The highest BCUT2D eigenvalue weighted by Crippen LogP contribution is 2.34. The van der Waals surface area contributed by atoms with Crippen molar-refractivity contribution >= 4 is 29.1 Å². The van der Waals surface area contributed by atoms with Crippen molar-refractivity contribution in [3.8, 4) is 11.5 Å². The number of rotatable bonds is 7. The molecule has 2 aromatic heterocycles. The summed E-state index contributed by atoms with van der Waals surface area (Å²) in [5.74, 6) is 2.09. The largest absolute Gasteiger partial charge is 0.497 e. The molecule has 3 aromatic rings. The van der Waals surface area contributed by atoms with Crippen LogP contribution in [-0.2, 0) is 6.61 Å². The average Bonchev–Trinajstić information content (AvgIpc) is 2.85. The lowest BCUT2D eigenvalue weighted by molar-refractivity contribution is 0.246. The van der Waals surface area contributed by atoms with Gasteiger partial charge in [0.05, 0.1) is 19.0 Å². The Balaban J connectivity index is 1.30. The third kappa shape index (κ3) is 6.04. The number of piperidine rings is 1. The number of amides is 2. The van der Waals surface area contributed by atoms with Gasteiger partial charge in [-0.05, 0) is 42.7 Å². The van der Waals surface area contributed by atoms with Crippen LogP contribution in [0.3, 0.4) is 0 Å². The van der Waals surface area contributed by atoms with Gasteiger partial charge in [0.1, 0.15) is 23.1 Å². The topological polar surface area (TPSA) is 88.6 Å². The van der Waals surface area contributed by atoms with E-state index in [1.165, 1.54) is 0 Å². The molecule has 0 spiro atoms. The molecule has 2 amide bonds. The number of carbonyl (C=O) groups is 1. The van der Waals surface area contributed by atoms with Crippen molar-refractivity contribution in [1.29, 1.82) is 0 Å². The van der Waals surface area contributed by atoms with Gasteiger partial charge in [0.2, 0.25) is 0 Å². The molecule has 1 fully saturated rings. The van der Waals surface area contributed by atoms with E-state index in [9.17, 15) is 4.79 Å². The number of nitrogens with one attached hydrogen (secondary N) is 2. The standard InChI is InChI=1S/C24H26ClN5O3/c1-32-20-6-4-17(5-7-20)16-33-21-8-12-27-23(22(21)25)30-13-9-18(10-14-30)28-24(31)29-19-3-2-11-26-15-19/h2-8,11-12,15,18H,9-10,13-14,16H2,1H3,(H2,28,29,31). The molecule has 172 valence electrons. The minimum absolute atomic E-state index is 0.0752. The maximum absolute atomic E-state index is 12.2. The number of anilines is 2. The molecule has 1 saturated heterocycles. The molecule has 0 radical (unpaired) electrons. The zero-order chi connectivity index (χ0) is 23.0. The third-order valence-electron chi connectivity index (χ3n) is 5.44. The fourth-order valence-electron chi connectivity index (χ4n) is 3.66. The molecule has 0 aliphatic carbocycles. The van der Waals surface area contributed by atoms with Gasteiger partial charge in [-0.15, -0.1) is 0 Å². The minimum Gasteiger partial charge on any atom is -0.497 e. The number of urea groups is 1. The number of hydrogen-bond donors (Lipinski definition) is 2. The van der Waals surface area contributed by atoms with Crippen molar-refractivity contribution in [2.45, 2.75) is 25.5 Å². The second-order valence-corrected chi connectivity index (χ2v) is 8.06. The fourth-order valence-corrected chi connectivity index (χ4v) is 3.94. The van der Waals surface area contributed by atoms with Crippen molar-refractivity contribution in [2.24, 2.45) is 0 Å². The Kier molecular flexibility index (Phi) is 7.47. The van der Waals surface area contributed by atoms with Crippen molar-refractivity contribution < 1.29 is 14.3 Å². The minimum atomic E-state index is -0.230. The second kappa shape index (κ2) is 10.9. The Morgan fingerprint density at radius 3 is 2.64 bits per heavy atom. The van der Waals surface area contributed by atoms with E-state index in [0.29, 0.717) is 28.9 Å². The summed E-state index contributed by atoms with van der Waals surface area (Å²) in [6.45, 7) is 1.85. The number of halogens is 1. The predicted molar refractivity (Wildman–Crippen MR) is 128 cm³/mol. The maximum atomic E-state index is 12.2. The molecule has 1 aromatic carbocycles. The van der Waals surface area contributed by atoms with Crippen LogP contribution in [0.4, 0.5) is 16.3 Å². The van der Waals surface area contributed by atoms with Crippen molar-refractivity contribution in [1.82, 2.24) is 15.3 Å². The predicted octanol–water partition coefficient (Wildman–Crippen LogP) is 4.51. The molecule has 1 aliphatic rings. The third-order valence-corrected chi connectivity index (χ3v) is 5.79. The summed E-state index contributed by atoms with van der Waals surface area (Å²) >= 11 is 6.63. The molecular weight excluding hydrogens is 442 g/mol. The van der Waals surface area contributed by atoms with Gasteiger partial charge in [-0.25, -0.2) is 9.78 Å². The van der Waals surface area contributed by atoms with Gasteiger partial charge in [-0.1, -0.05) is 23.7 Å². The normalized spacial score (nSPS) is 13.9. The van der Waals surface area contributed by atoms with E-state index in [0.717, 1.165) is 37.2 Å². The molecule has 9 heteroatoms. The number of nitrogens with zero attached hydrogens (tertiary/aromatic N) is 3. The van der Waals surface area contributed by atoms with E-state index in [1.54, 1.807) is 43.9 Å². The number of carbonyl (C=O) groups excluding carboxylic acids is 1. The SMILES string of the molecule is COc1ccc(COc2ccnc(N3CCC(NC(=O)Nc4cccnc4)CC3)c2Cl)cc1. The zero-order valence-electron chi connectivity index (χ0n) is 18.3. The Labute approximate surface area is 197 Å². The highest BCUT2D eigenvalue weighted by atomic mass is 35.5. The van der Waals surface area contributed by atoms with Crippen molar-refractivity contribution in [3.05, 3.63) is 71.6 Å². The summed E-state index contributed by atoms with van der Waals surface area (Å²) in [5, 5.41) is 6.31. The number of ether oxygens (including phenoxy) is 2. The first-order valence-electron chi connectivity index (χ1n) is 10.7. The van der Waals surface area contributed by atoms with E-state index in [4.69, 9.17) is 21.1 Å². The zero-order valence-corrected chi connectivity index (χ0v) is 19.1. The number of benzene rings is 1. The first kappa shape index (κ1) is 22.7. The molecular formula is C24H26ClN5O3. The van der Waals surface area contributed by atoms with Gasteiger partial charge in [0, 0.05) is 37.6 Å². The monoisotopic (exact) mass is 467 g/mol. The first-order chi connectivity index (χ1) is 16.1. The molecule has 1 aliphatic heterocycles. The molecule has 0 bridgehead atoms. The Morgan fingerprint density at radius 2 is 1.94 bits per heavy atom. The lowest BCUT2D eigenvalue weighted by atomic mass is 10.1. The van der Waals surface area contributed by atoms with Crippen LogP contribution in [0.2, 0.25) is 5.02 Å². The van der Waals surface area contributed by atoms with Gasteiger partial charge < -0.3 is 25.0 Å². The quantitative estimate of drug-likeness (QED) is 0.531. The van der Waals surface area contributed by atoms with E-state index in [2.05, 4.69) is 25.5 Å². The summed E-state index contributed by atoms with van der Waals surface area (Å²) in [7, 11) is 1.64. The molecule has 0 atom stereocenters. The Morgan fingerprint density at radius 1 is 1.15 bits per heavy atom. The molecule has 3 heterocycles. The Bertz CT molecular complexity index is 1060. The molecule has 0 saturated carbocycles. The van der Waals surface area contributed by atoms with Gasteiger partial charge in [-0.2, -0.15) is 0 Å². The summed E-state index contributed by atoms with van der Waals surface area (Å²) < 4.78 is 11.1. The molecule has 4 rings (SSSR count). The number of hydrogen-bond acceptors (Lipinski definition) is 6. The van der Waals surface area contributed by atoms with Crippen LogP contribution >= 0.6 is 11.6 Å². The highest BCUT2D eigenvalue weighted by Gasteiger charge is 2.24. The first-order valence-corrected chi connectivity index (χ1v) is 11.1. The molecule has 2 N–H and O–H groups in total. The Hall–Kier alpha value is -3.52. The molecule has 0 unspecified atom stereocenters. The fraction of sp³-hybridized carbons (Fsp3) is 0.292. The van der Waals surface area contributed by atoms with Crippen LogP contribution in [0.1, 0.15) is 18.4 Å². The van der Waals surface area contributed by atoms with Crippen LogP contribution in [0, 0.1) is 0 Å². The van der Waals surface area contributed by atoms with Crippen LogP contribution in [-0.4, -0.2) is 42.2 Å². The summed E-state index contributed by atoms with van der Waals surface area (Å²) in [6.07, 6.45) is 6.55. The smallest absolute Gasteiger partial charge is 0.319 e. The van der Waals surface area contributed by atoms with Gasteiger partial charge >= 0.3 is 6.03 Å². The van der Waals surface area contributed by atoms with E-state index in [-0.39, 0.29) is 12.1 Å². The number of pyridine rings is 2. The number of methoxy groups -OCH3 is 1. The average molecular weight is 468 g/mol. The highest BCUT2D eigenvalue weighted by molar-refractivity contribution is 6.34. The molecule has 8 nitrogen and oxygen atoms in total. The van der Waals surface area contributed by atoms with Crippen LogP contribution in [0.5, 0.6) is 11.5 Å². The van der Waals surface area contributed by atoms with Gasteiger partial charge in [0.25, 0.3) is 0 Å². The van der Waals surface area contributed by atoms with Crippen LogP contribution < -0.4 is 25.0 Å². The summed E-state index contributed by atoms with van der Waals surface area (Å²) in [4.78, 5) is 22.8. The van der Waals surface area contributed by atoms with Gasteiger partial charge in [-0.3, -0.25) is 4.98 Å². The maximum Gasteiger partial charge on any atom is 0.319 e. The lowest BCUT2D eigenvalue weighted by Gasteiger charge is -2.33. The van der Waals surface area contributed by atoms with E-state index in [1.807, 2.05) is 24.3 Å². The van der Waals surface area contributed by atoms with Crippen LogP contribution in [0.15, 0.2) is 61.1 Å². The van der Waals surface area contributed by atoms with Crippen molar-refractivity contribution in [3.63, 3.8) is 0 Å². The van der Waals surface area contributed by atoms with E-state index < -0.39 is 0 Å². The summed E-state index contributed by atoms with van der Waals surface area (Å²) in [5.41, 5.74) is 1.68. The molecule has 33 heavy (non-hydrogen) atoms. The second-order valence-electron chi connectivity index (χ2n) is 7.68. The van der Waals surface area contributed by atoms with Gasteiger partial charge in [0.15, 0.2) is 5.82 Å². The number of aromatic nitrogens is 2.